The van der Waals surface area contributed by atoms with Crippen LogP contribution in [0.1, 0.15) is 0 Å². The standard InChI is InChI=1S/C59H39N3O/c1-5-19-40(20-6-1)44-35-45(41-21-7-2-8-22-41)38-48(37-44)61(47-28-17-25-43(36-47)49-32-18-33-53-58(49)63-59(60-53)42-23-9-3-10-24-42)55-39-56-57(51-30-14-13-29-50(51)55)52-31-15-16-34-54(52)62(56)46-26-11-4-12-27-46/h1-39H. The van der Waals surface area contributed by atoms with Crippen LogP contribution in [0, 0.1) is 0 Å². The van der Waals surface area contributed by atoms with E-state index in [1.807, 2.05) is 36.4 Å². The molecule has 4 nitrogen and oxygen atoms in total. The zero-order valence-corrected chi connectivity index (χ0v) is 34.3. The van der Waals surface area contributed by atoms with Crippen molar-refractivity contribution >= 4 is 60.7 Å². The average Bonchev–Trinajstić information content (AvgIpc) is 3.95. The van der Waals surface area contributed by atoms with E-state index in [2.05, 4.69) is 210 Å². The molecule has 2 aromatic heterocycles. The molecule has 0 atom stereocenters. The van der Waals surface area contributed by atoms with Gasteiger partial charge in [-0.1, -0.05) is 164 Å². The summed E-state index contributed by atoms with van der Waals surface area (Å²) < 4.78 is 9.02. The first-order valence-electron chi connectivity index (χ1n) is 21.4. The molecule has 2 heterocycles. The van der Waals surface area contributed by atoms with E-state index in [4.69, 9.17) is 9.40 Å². The van der Waals surface area contributed by atoms with Crippen LogP contribution >= 0.6 is 0 Å². The van der Waals surface area contributed by atoms with Crippen molar-refractivity contribution in [1.82, 2.24) is 9.55 Å². The van der Waals surface area contributed by atoms with Crippen molar-refractivity contribution < 1.29 is 4.42 Å². The van der Waals surface area contributed by atoms with Crippen LogP contribution < -0.4 is 4.90 Å². The molecule has 0 radical (unpaired) electrons. The van der Waals surface area contributed by atoms with E-state index in [1.165, 1.54) is 21.7 Å². The second-order valence-corrected chi connectivity index (χ2v) is 15.9. The topological polar surface area (TPSA) is 34.2 Å². The molecule has 0 unspecified atom stereocenters. The van der Waals surface area contributed by atoms with Crippen molar-refractivity contribution in [2.24, 2.45) is 0 Å². The molecule has 12 aromatic rings. The lowest BCUT2D eigenvalue weighted by Gasteiger charge is -2.29. The largest absolute Gasteiger partial charge is 0.435 e. The zero-order valence-electron chi connectivity index (χ0n) is 34.3. The fourth-order valence-corrected chi connectivity index (χ4v) is 9.31. The third-order valence-electron chi connectivity index (χ3n) is 12.2. The highest BCUT2D eigenvalue weighted by Gasteiger charge is 2.24. The summed E-state index contributed by atoms with van der Waals surface area (Å²) in [6, 6.07) is 84.3. The average molecular weight is 806 g/mol. The van der Waals surface area contributed by atoms with Crippen LogP contribution in [0.2, 0.25) is 0 Å². The fourth-order valence-electron chi connectivity index (χ4n) is 9.31. The van der Waals surface area contributed by atoms with Gasteiger partial charge in [0.2, 0.25) is 5.89 Å². The summed E-state index contributed by atoms with van der Waals surface area (Å²) in [5.41, 5.74) is 15.7. The minimum absolute atomic E-state index is 0.607. The molecule has 0 amide bonds. The lowest BCUT2D eigenvalue weighted by molar-refractivity contribution is 0.621. The van der Waals surface area contributed by atoms with Gasteiger partial charge < -0.3 is 13.9 Å². The van der Waals surface area contributed by atoms with Crippen molar-refractivity contribution in [3.05, 3.63) is 237 Å². The lowest BCUT2D eigenvalue weighted by atomic mass is 9.96. The Balaban J connectivity index is 1.16. The second-order valence-electron chi connectivity index (χ2n) is 15.9. The highest BCUT2D eigenvalue weighted by Crippen LogP contribution is 2.47. The predicted octanol–water partition coefficient (Wildman–Crippen LogP) is 16.2. The Kier molecular flexibility index (Phi) is 8.79. The Labute approximate surface area is 365 Å². The van der Waals surface area contributed by atoms with Crippen LogP contribution in [0.25, 0.3) is 94.2 Å². The first kappa shape index (κ1) is 36.4. The van der Waals surface area contributed by atoms with E-state index >= 15 is 0 Å². The first-order chi connectivity index (χ1) is 31.2. The molecule has 0 saturated carbocycles. The number of para-hydroxylation sites is 3. The van der Waals surface area contributed by atoms with Gasteiger partial charge in [0.25, 0.3) is 0 Å². The van der Waals surface area contributed by atoms with E-state index in [9.17, 15) is 0 Å². The van der Waals surface area contributed by atoms with Crippen LogP contribution in [0.5, 0.6) is 0 Å². The molecule has 0 aliphatic heterocycles. The number of oxazole rings is 1. The summed E-state index contributed by atoms with van der Waals surface area (Å²) in [5.74, 6) is 0.607. The minimum atomic E-state index is 0.607. The van der Waals surface area contributed by atoms with Crippen LogP contribution in [0.4, 0.5) is 17.1 Å². The fraction of sp³-hybridized carbons (Fsp3) is 0. The molecule has 0 saturated heterocycles. The van der Waals surface area contributed by atoms with E-state index in [1.54, 1.807) is 0 Å². The van der Waals surface area contributed by atoms with Crippen molar-refractivity contribution in [1.29, 1.82) is 0 Å². The molecule has 296 valence electrons. The predicted molar refractivity (Wildman–Crippen MR) is 262 cm³/mol. The van der Waals surface area contributed by atoms with Crippen LogP contribution in [-0.2, 0) is 0 Å². The highest BCUT2D eigenvalue weighted by molar-refractivity contribution is 6.24. The van der Waals surface area contributed by atoms with E-state index < -0.39 is 0 Å². The number of anilines is 3. The molecular formula is C59H39N3O. The number of hydrogen-bond donors (Lipinski definition) is 0. The molecule has 12 rings (SSSR count). The van der Waals surface area contributed by atoms with Gasteiger partial charge in [-0.15, -0.1) is 0 Å². The molecule has 10 aromatic carbocycles. The van der Waals surface area contributed by atoms with Gasteiger partial charge in [-0.3, -0.25) is 0 Å². The van der Waals surface area contributed by atoms with E-state index in [0.29, 0.717) is 5.89 Å². The first-order valence-corrected chi connectivity index (χ1v) is 21.4. The Morgan fingerprint density at radius 3 is 1.63 bits per heavy atom. The van der Waals surface area contributed by atoms with Gasteiger partial charge in [-0.25, -0.2) is 4.98 Å². The number of fused-ring (bicyclic) bond motifs is 6. The SMILES string of the molecule is c1ccc(-c2cc(-c3ccccc3)cc(N(c3cccc(-c4cccc5nc(-c6ccccc6)oc45)c3)c3cc4c(c5ccccc35)c3ccccc3n4-c3ccccc3)c2)cc1. The Morgan fingerprint density at radius 2 is 0.937 bits per heavy atom. The molecule has 0 spiro atoms. The van der Waals surface area contributed by atoms with E-state index in [-0.39, 0.29) is 0 Å². The van der Waals surface area contributed by atoms with Crippen molar-refractivity contribution in [2.75, 3.05) is 4.90 Å². The van der Waals surface area contributed by atoms with E-state index in [0.717, 1.165) is 83.7 Å². The van der Waals surface area contributed by atoms with Gasteiger partial charge in [0.05, 0.1) is 16.7 Å². The summed E-state index contributed by atoms with van der Waals surface area (Å²) in [5, 5.41) is 4.80. The Bertz CT molecular complexity index is 3550. The smallest absolute Gasteiger partial charge is 0.227 e. The molecule has 0 N–H and O–H groups in total. The lowest BCUT2D eigenvalue weighted by Crippen LogP contribution is -2.11. The van der Waals surface area contributed by atoms with Gasteiger partial charge in [0, 0.05) is 44.3 Å². The molecule has 0 aliphatic rings. The van der Waals surface area contributed by atoms with Crippen LogP contribution in [-0.4, -0.2) is 9.55 Å². The maximum atomic E-state index is 6.60. The Morgan fingerprint density at radius 1 is 0.381 bits per heavy atom. The van der Waals surface area contributed by atoms with Crippen molar-refractivity contribution in [3.8, 4) is 50.5 Å². The van der Waals surface area contributed by atoms with Gasteiger partial charge in [0.1, 0.15) is 5.52 Å². The van der Waals surface area contributed by atoms with Crippen LogP contribution in [0.3, 0.4) is 0 Å². The number of hydrogen-bond acceptors (Lipinski definition) is 3. The monoisotopic (exact) mass is 805 g/mol. The summed E-state index contributed by atoms with van der Waals surface area (Å²) in [6.45, 7) is 0. The maximum absolute atomic E-state index is 6.60. The van der Waals surface area contributed by atoms with Gasteiger partial charge >= 0.3 is 0 Å². The minimum Gasteiger partial charge on any atom is -0.435 e. The summed E-state index contributed by atoms with van der Waals surface area (Å²) in [7, 11) is 0. The van der Waals surface area contributed by atoms with Gasteiger partial charge in [0.15, 0.2) is 5.58 Å². The molecule has 4 heteroatoms. The summed E-state index contributed by atoms with van der Waals surface area (Å²) in [6.07, 6.45) is 0. The molecule has 0 bridgehead atoms. The number of nitrogens with zero attached hydrogens (tertiary/aromatic N) is 3. The molecule has 0 fully saturated rings. The summed E-state index contributed by atoms with van der Waals surface area (Å²) in [4.78, 5) is 7.39. The number of aromatic nitrogens is 2. The molecule has 63 heavy (non-hydrogen) atoms. The highest BCUT2D eigenvalue weighted by atomic mass is 16.3. The third-order valence-corrected chi connectivity index (χ3v) is 12.2. The number of benzene rings is 10. The normalized spacial score (nSPS) is 11.5. The van der Waals surface area contributed by atoms with Crippen LogP contribution in [0.15, 0.2) is 241 Å². The third kappa shape index (κ3) is 6.36. The van der Waals surface area contributed by atoms with Gasteiger partial charge in [-0.2, -0.15) is 0 Å². The van der Waals surface area contributed by atoms with Crippen molar-refractivity contribution in [2.45, 2.75) is 0 Å². The summed E-state index contributed by atoms with van der Waals surface area (Å²) >= 11 is 0. The maximum Gasteiger partial charge on any atom is 0.227 e. The molecule has 0 aliphatic carbocycles. The second kappa shape index (κ2) is 15.2. The Hall–Kier alpha value is -8.47. The van der Waals surface area contributed by atoms with Gasteiger partial charge in [-0.05, 0) is 106 Å². The number of rotatable bonds is 8. The molecular weight excluding hydrogens is 767 g/mol. The van der Waals surface area contributed by atoms with Crippen molar-refractivity contribution in [3.63, 3.8) is 0 Å². The quantitative estimate of drug-likeness (QED) is 0.153. The zero-order chi connectivity index (χ0) is 41.7.